The van der Waals surface area contributed by atoms with Gasteiger partial charge in [-0.05, 0) is 24.5 Å². The lowest BCUT2D eigenvalue weighted by atomic mass is 10.1. The molecule has 4 nitrogen and oxygen atoms in total. The summed E-state index contributed by atoms with van der Waals surface area (Å²) in [6.07, 6.45) is 2.40. The second-order valence-electron chi connectivity index (χ2n) is 4.70. The number of hydrogen-bond donors (Lipinski definition) is 1. The molecule has 1 N–H and O–H groups in total. The largest absolute Gasteiger partial charge is 0.384 e. The summed E-state index contributed by atoms with van der Waals surface area (Å²) in [6, 6.07) is 7.38. The first-order valence-electron chi connectivity index (χ1n) is 6.73. The molecule has 0 aromatic heterocycles. The number of benzene rings is 1. The van der Waals surface area contributed by atoms with E-state index in [1.807, 2.05) is 24.3 Å². The molecular formula is C16H17NO3. The molecule has 0 bridgehead atoms. The van der Waals surface area contributed by atoms with Gasteiger partial charge in [-0.1, -0.05) is 30.0 Å². The molecule has 0 radical (unpaired) electrons. The summed E-state index contributed by atoms with van der Waals surface area (Å²) in [4.78, 5) is 25.3. The number of nitrogens with zero attached hydrogens (tertiary/aromatic N) is 1. The van der Waals surface area contributed by atoms with Gasteiger partial charge in [0.1, 0.15) is 6.61 Å². The normalized spacial score (nSPS) is 15.6. The van der Waals surface area contributed by atoms with E-state index in [2.05, 4.69) is 11.8 Å². The molecule has 104 valence electrons. The van der Waals surface area contributed by atoms with Crippen LogP contribution in [-0.4, -0.2) is 28.4 Å². The van der Waals surface area contributed by atoms with E-state index >= 15 is 0 Å². The van der Waals surface area contributed by atoms with Crippen LogP contribution in [-0.2, 0) is 16.1 Å². The van der Waals surface area contributed by atoms with Crippen molar-refractivity contribution in [1.29, 1.82) is 0 Å². The Morgan fingerprint density at radius 1 is 1.10 bits per heavy atom. The molecule has 1 saturated heterocycles. The highest BCUT2D eigenvalue weighted by Crippen LogP contribution is 2.17. The molecule has 0 saturated carbocycles. The summed E-state index contributed by atoms with van der Waals surface area (Å²) in [7, 11) is 0. The zero-order valence-corrected chi connectivity index (χ0v) is 11.3. The molecule has 1 aromatic rings. The molecule has 0 spiro atoms. The van der Waals surface area contributed by atoms with Crippen molar-refractivity contribution in [2.75, 3.05) is 6.61 Å². The maximum atomic E-state index is 12.0. The summed E-state index contributed by atoms with van der Waals surface area (Å²) in [5.41, 5.74) is 1.57. The molecule has 2 amide bonds. The Labute approximate surface area is 118 Å². The smallest absolute Gasteiger partial charge is 0.229 e. The first kappa shape index (κ1) is 14.3. The van der Waals surface area contributed by atoms with Crippen molar-refractivity contribution >= 4 is 11.8 Å². The van der Waals surface area contributed by atoms with Gasteiger partial charge in [0, 0.05) is 18.4 Å². The predicted molar refractivity (Wildman–Crippen MR) is 74.4 cm³/mol. The quantitative estimate of drug-likeness (QED) is 0.654. The second kappa shape index (κ2) is 6.88. The van der Waals surface area contributed by atoms with Gasteiger partial charge in [-0.25, -0.2) is 0 Å². The number of carbonyl (C=O) groups is 2. The number of hydrogen-bond acceptors (Lipinski definition) is 3. The minimum absolute atomic E-state index is 0.113. The predicted octanol–water partition coefficient (Wildman–Crippen LogP) is 1.46. The lowest BCUT2D eigenvalue weighted by molar-refractivity contribution is -0.144. The number of imide groups is 1. The van der Waals surface area contributed by atoms with E-state index in [-0.39, 0.29) is 25.0 Å². The number of carbonyl (C=O) groups excluding carboxylic acids is 2. The SMILES string of the molecule is O=C1CCCCC(=O)N1Cc1ccccc1C#CCO. The lowest BCUT2D eigenvalue weighted by Gasteiger charge is -2.19. The van der Waals surface area contributed by atoms with E-state index in [1.165, 1.54) is 4.90 Å². The van der Waals surface area contributed by atoms with Gasteiger partial charge in [0.15, 0.2) is 0 Å². The summed E-state index contributed by atoms with van der Waals surface area (Å²) < 4.78 is 0. The average Bonchev–Trinajstić information content (AvgIpc) is 2.61. The zero-order chi connectivity index (χ0) is 14.4. The number of aliphatic hydroxyl groups excluding tert-OH is 1. The molecule has 1 aromatic carbocycles. The van der Waals surface area contributed by atoms with Crippen molar-refractivity contribution in [2.24, 2.45) is 0 Å². The van der Waals surface area contributed by atoms with Crippen LogP contribution in [0.2, 0.25) is 0 Å². The van der Waals surface area contributed by atoms with Gasteiger partial charge in [0.25, 0.3) is 0 Å². The van der Waals surface area contributed by atoms with E-state index in [9.17, 15) is 9.59 Å². The van der Waals surface area contributed by atoms with Gasteiger partial charge < -0.3 is 5.11 Å². The summed E-state index contributed by atoms with van der Waals surface area (Å²) in [5.74, 6) is 5.22. The van der Waals surface area contributed by atoms with Crippen molar-refractivity contribution in [3.63, 3.8) is 0 Å². The standard InChI is InChI=1S/C16H17NO3/c18-11-5-8-13-6-1-2-7-14(13)12-17-15(19)9-3-4-10-16(17)20/h1-2,6-7,18H,3-4,9-12H2. The molecular weight excluding hydrogens is 254 g/mol. The minimum Gasteiger partial charge on any atom is -0.384 e. The molecule has 2 rings (SSSR count). The summed E-state index contributed by atoms with van der Waals surface area (Å²) in [6.45, 7) is 0.0455. The van der Waals surface area contributed by atoms with Gasteiger partial charge in [-0.2, -0.15) is 0 Å². The molecule has 1 aliphatic rings. The van der Waals surface area contributed by atoms with Gasteiger partial charge in [-0.15, -0.1) is 0 Å². The summed E-state index contributed by atoms with van der Waals surface area (Å²) in [5, 5.41) is 8.77. The first-order chi connectivity index (χ1) is 9.72. The Kier molecular flexibility index (Phi) is 4.91. The third-order valence-corrected chi connectivity index (χ3v) is 3.28. The lowest BCUT2D eigenvalue weighted by Crippen LogP contribution is -2.34. The van der Waals surface area contributed by atoms with E-state index < -0.39 is 0 Å². The Balaban J connectivity index is 2.24. The third kappa shape index (κ3) is 3.46. The van der Waals surface area contributed by atoms with Crippen LogP contribution >= 0.6 is 0 Å². The molecule has 4 heteroatoms. The minimum atomic E-state index is -0.212. The highest BCUT2D eigenvalue weighted by Gasteiger charge is 2.24. The number of rotatable bonds is 2. The highest BCUT2D eigenvalue weighted by atomic mass is 16.2. The summed E-state index contributed by atoms with van der Waals surface area (Å²) >= 11 is 0. The Hall–Kier alpha value is -2.12. The topological polar surface area (TPSA) is 57.6 Å². The fourth-order valence-electron chi connectivity index (χ4n) is 2.22. The van der Waals surface area contributed by atoms with Crippen molar-refractivity contribution in [2.45, 2.75) is 32.2 Å². The van der Waals surface area contributed by atoms with E-state index in [4.69, 9.17) is 5.11 Å². The monoisotopic (exact) mass is 271 g/mol. The van der Waals surface area contributed by atoms with Crippen molar-refractivity contribution in [3.8, 4) is 11.8 Å². The van der Waals surface area contributed by atoms with Crippen LogP contribution in [0.4, 0.5) is 0 Å². The molecule has 20 heavy (non-hydrogen) atoms. The molecule has 1 heterocycles. The number of likely N-dealkylation sites (tertiary alicyclic amines) is 1. The van der Waals surface area contributed by atoms with E-state index in [1.54, 1.807) is 0 Å². The van der Waals surface area contributed by atoms with E-state index in [0.717, 1.165) is 24.0 Å². The number of amides is 2. The van der Waals surface area contributed by atoms with Crippen molar-refractivity contribution in [3.05, 3.63) is 35.4 Å². The van der Waals surface area contributed by atoms with Crippen LogP contribution in [0.25, 0.3) is 0 Å². The van der Waals surface area contributed by atoms with Crippen LogP contribution in [0.15, 0.2) is 24.3 Å². The fraction of sp³-hybridized carbons (Fsp3) is 0.375. The molecule has 0 aliphatic carbocycles. The van der Waals surface area contributed by atoms with Crippen molar-refractivity contribution in [1.82, 2.24) is 4.90 Å². The number of aliphatic hydroxyl groups is 1. The van der Waals surface area contributed by atoms with Crippen LogP contribution in [0.3, 0.4) is 0 Å². The van der Waals surface area contributed by atoms with Gasteiger partial charge >= 0.3 is 0 Å². The van der Waals surface area contributed by atoms with Gasteiger partial charge in [0.2, 0.25) is 11.8 Å². The Bertz CT molecular complexity index is 551. The average molecular weight is 271 g/mol. The zero-order valence-electron chi connectivity index (χ0n) is 11.3. The Morgan fingerprint density at radius 2 is 1.75 bits per heavy atom. The molecule has 0 unspecified atom stereocenters. The van der Waals surface area contributed by atoms with Crippen molar-refractivity contribution < 1.29 is 14.7 Å². The van der Waals surface area contributed by atoms with Crippen LogP contribution in [0, 0.1) is 11.8 Å². The first-order valence-corrected chi connectivity index (χ1v) is 6.73. The Morgan fingerprint density at radius 3 is 2.40 bits per heavy atom. The maximum Gasteiger partial charge on any atom is 0.229 e. The molecule has 1 fully saturated rings. The molecule has 1 aliphatic heterocycles. The molecule has 0 atom stereocenters. The maximum absolute atomic E-state index is 12.0. The van der Waals surface area contributed by atoms with E-state index in [0.29, 0.717) is 12.8 Å². The van der Waals surface area contributed by atoms with Crippen LogP contribution in [0.5, 0.6) is 0 Å². The van der Waals surface area contributed by atoms with Gasteiger partial charge in [-0.3, -0.25) is 14.5 Å². The van der Waals surface area contributed by atoms with Crippen LogP contribution in [0.1, 0.15) is 36.8 Å². The third-order valence-electron chi connectivity index (χ3n) is 3.28. The fourth-order valence-corrected chi connectivity index (χ4v) is 2.22. The van der Waals surface area contributed by atoms with Crippen LogP contribution < -0.4 is 0 Å². The highest BCUT2D eigenvalue weighted by molar-refractivity contribution is 5.96. The second-order valence-corrected chi connectivity index (χ2v) is 4.70. The van der Waals surface area contributed by atoms with Gasteiger partial charge in [0.05, 0.1) is 6.54 Å².